The number of hydrogen-bond acceptors (Lipinski definition) is 5. The van der Waals surface area contributed by atoms with E-state index in [1.165, 1.54) is 4.90 Å². The van der Waals surface area contributed by atoms with Crippen molar-refractivity contribution >= 4 is 5.91 Å². The molecule has 1 aliphatic heterocycles. The molecule has 0 unspecified atom stereocenters. The van der Waals surface area contributed by atoms with Crippen LogP contribution in [0.1, 0.15) is 22.7 Å². The van der Waals surface area contributed by atoms with Gasteiger partial charge >= 0.3 is 6.18 Å². The second-order valence-electron chi connectivity index (χ2n) is 6.24. The highest BCUT2D eigenvalue weighted by molar-refractivity contribution is 5.94. The summed E-state index contributed by atoms with van der Waals surface area (Å²) >= 11 is 0. The number of benzene rings is 1. The molecule has 0 spiro atoms. The molecule has 3 rings (SSSR count). The first kappa shape index (κ1) is 18.4. The van der Waals surface area contributed by atoms with Crippen LogP contribution in [-0.4, -0.2) is 64.8 Å². The highest BCUT2D eigenvalue weighted by atomic mass is 19.4. The van der Waals surface area contributed by atoms with Crippen molar-refractivity contribution in [2.45, 2.75) is 19.5 Å². The minimum Gasteiger partial charge on any atom is -0.421 e. The molecule has 140 valence electrons. The number of aromatic nitrogens is 2. The lowest BCUT2D eigenvalue weighted by Crippen LogP contribution is -2.38. The molecular weight excluding hydrogens is 349 g/mol. The van der Waals surface area contributed by atoms with Gasteiger partial charge in [0.05, 0.1) is 6.54 Å². The van der Waals surface area contributed by atoms with Crippen molar-refractivity contribution in [1.29, 1.82) is 0 Å². The molecule has 2 heterocycles. The van der Waals surface area contributed by atoms with Crippen LogP contribution in [0.5, 0.6) is 0 Å². The zero-order valence-electron chi connectivity index (χ0n) is 14.3. The Morgan fingerprint density at radius 3 is 2.46 bits per heavy atom. The van der Waals surface area contributed by atoms with Gasteiger partial charge in [0.2, 0.25) is 11.8 Å². The van der Waals surface area contributed by atoms with Gasteiger partial charge < -0.3 is 9.32 Å². The van der Waals surface area contributed by atoms with Gasteiger partial charge in [-0.15, -0.1) is 10.2 Å². The fourth-order valence-electron chi connectivity index (χ4n) is 2.94. The minimum atomic E-state index is -4.22. The first-order valence-corrected chi connectivity index (χ1v) is 8.31. The van der Waals surface area contributed by atoms with Gasteiger partial charge in [-0.25, -0.2) is 0 Å². The zero-order chi connectivity index (χ0) is 18.7. The first-order valence-electron chi connectivity index (χ1n) is 8.31. The van der Waals surface area contributed by atoms with Gasteiger partial charge in [0.1, 0.15) is 0 Å². The molecule has 1 aromatic carbocycles. The van der Waals surface area contributed by atoms with Crippen LogP contribution in [0.25, 0.3) is 11.5 Å². The SMILES string of the molecule is Cc1nnc(-c2ccc(C(=O)N3CCCN(CC(F)(F)F)CC3)cc2)o1. The maximum absolute atomic E-state index is 12.6. The number of alkyl halides is 3. The minimum absolute atomic E-state index is 0.188. The molecule has 0 aliphatic carbocycles. The molecule has 9 heteroatoms. The molecule has 1 aromatic heterocycles. The van der Waals surface area contributed by atoms with Gasteiger partial charge in [0.25, 0.3) is 5.91 Å². The second kappa shape index (κ2) is 7.45. The van der Waals surface area contributed by atoms with Gasteiger partial charge in [-0.2, -0.15) is 13.2 Å². The molecule has 0 atom stereocenters. The summed E-state index contributed by atoms with van der Waals surface area (Å²) in [4.78, 5) is 15.6. The summed E-state index contributed by atoms with van der Waals surface area (Å²) in [5, 5.41) is 7.68. The molecule has 26 heavy (non-hydrogen) atoms. The molecule has 6 nitrogen and oxygen atoms in total. The number of carbonyl (C=O) groups excluding carboxylic acids is 1. The van der Waals surface area contributed by atoms with Crippen LogP contribution in [0.3, 0.4) is 0 Å². The van der Waals surface area contributed by atoms with Crippen molar-refractivity contribution < 1.29 is 22.4 Å². The van der Waals surface area contributed by atoms with E-state index in [-0.39, 0.29) is 19.0 Å². The van der Waals surface area contributed by atoms with E-state index in [4.69, 9.17) is 4.42 Å². The highest BCUT2D eigenvalue weighted by Gasteiger charge is 2.32. The fraction of sp³-hybridized carbons (Fsp3) is 0.471. The molecule has 1 fully saturated rings. The Balaban J connectivity index is 1.63. The Hall–Kier alpha value is -2.42. The number of halogens is 3. The first-order chi connectivity index (χ1) is 12.3. The summed E-state index contributed by atoms with van der Waals surface area (Å²) in [7, 11) is 0. The summed E-state index contributed by atoms with van der Waals surface area (Å²) in [5.41, 5.74) is 1.18. The highest BCUT2D eigenvalue weighted by Crippen LogP contribution is 2.20. The van der Waals surface area contributed by atoms with E-state index in [0.29, 0.717) is 42.4 Å². The van der Waals surface area contributed by atoms with Gasteiger partial charge in [0.15, 0.2) is 0 Å². The van der Waals surface area contributed by atoms with Gasteiger partial charge in [0, 0.05) is 44.2 Å². The summed E-state index contributed by atoms with van der Waals surface area (Å²) < 4.78 is 42.9. The Kier molecular flexibility index (Phi) is 5.26. The average molecular weight is 368 g/mol. The van der Waals surface area contributed by atoms with Crippen molar-refractivity contribution in [2.24, 2.45) is 0 Å². The lowest BCUT2D eigenvalue weighted by Gasteiger charge is -2.22. The lowest BCUT2D eigenvalue weighted by molar-refractivity contribution is -0.145. The molecule has 1 amide bonds. The number of carbonyl (C=O) groups is 1. The fourth-order valence-corrected chi connectivity index (χ4v) is 2.94. The van der Waals surface area contributed by atoms with E-state index < -0.39 is 12.7 Å². The van der Waals surface area contributed by atoms with E-state index in [0.717, 1.165) is 0 Å². The van der Waals surface area contributed by atoms with Gasteiger partial charge in [-0.3, -0.25) is 9.69 Å². The van der Waals surface area contributed by atoms with Crippen molar-refractivity contribution in [3.05, 3.63) is 35.7 Å². The Bertz CT molecular complexity index is 758. The lowest BCUT2D eigenvalue weighted by atomic mass is 10.1. The van der Waals surface area contributed by atoms with Crippen molar-refractivity contribution in [2.75, 3.05) is 32.7 Å². The van der Waals surface area contributed by atoms with Gasteiger partial charge in [-0.1, -0.05) is 0 Å². The van der Waals surface area contributed by atoms with Crippen LogP contribution >= 0.6 is 0 Å². The Labute approximate surface area is 148 Å². The Morgan fingerprint density at radius 2 is 1.85 bits per heavy atom. The summed E-state index contributed by atoms with van der Waals surface area (Å²) in [5.74, 6) is 0.638. The van der Waals surface area contributed by atoms with Crippen LogP contribution in [0.2, 0.25) is 0 Å². The molecule has 1 saturated heterocycles. The zero-order valence-corrected chi connectivity index (χ0v) is 14.3. The number of amides is 1. The molecule has 1 aliphatic rings. The second-order valence-corrected chi connectivity index (χ2v) is 6.24. The molecule has 0 radical (unpaired) electrons. The summed E-state index contributed by atoms with van der Waals surface area (Å²) in [6.45, 7) is 2.02. The van der Waals surface area contributed by atoms with Crippen molar-refractivity contribution in [3.63, 3.8) is 0 Å². The molecule has 0 saturated carbocycles. The third-order valence-corrected chi connectivity index (χ3v) is 4.18. The quantitative estimate of drug-likeness (QED) is 0.834. The van der Waals surface area contributed by atoms with Crippen molar-refractivity contribution in [3.8, 4) is 11.5 Å². The smallest absolute Gasteiger partial charge is 0.401 e. The molecule has 2 aromatic rings. The van der Waals surface area contributed by atoms with Crippen molar-refractivity contribution in [1.82, 2.24) is 20.0 Å². The van der Waals surface area contributed by atoms with Crippen LogP contribution in [0, 0.1) is 6.92 Å². The third-order valence-electron chi connectivity index (χ3n) is 4.18. The number of nitrogens with zero attached hydrogens (tertiary/aromatic N) is 4. The molecule has 0 N–H and O–H groups in total. The van der Waals surface area contributed by atoms with E-state index in [9.17, 15) is 18.0 Å². The monoisotopic (exact) mass is 368 g/mol. The van der Waals surface area contributed by atoms with Crippen LogP contribution in [0.15, 0.2) is 28.7 Å². The number of aryl methyl sites for hydroxylation is 1. The van der Waals surface area contributed by atoms with Gasteiger partial charge in [-0.05, 0) is 30.7 Å². The maximum atomic E-state index is 12.6. The van der Waals surface area contributed by atoms with E-state index in [1.807, 2.05) is 0 Å². The maximum Gasteiger partial charge on any atom is 0.401 e. The van der Waals surface area contributed by atoms with E-state index in [1.54, 1.807) is 36.1 Å². The molecule has 0 bridgehead atoms. The molecular formula is C17H19F3N4O2. The summed E-state index contributed by atoms with van der Waals surface area (Å²) in [6, 6.07) is 6.76. The number of rotatable bonds is 3. The predicted octanol–water partition coefficient (Wildman–Crippen LogP) is 2.76. The predicted molar refractivity (Wildman–Crippen MR) is 87.5 cm³/mol. The Morgan fingerprint density at radius 1 is 1.12 bits per heavy atom. The average Bonchev–Trinajstić information content (AvgIpc) is 2.89. The van der Waals surface area contributed by atoms with Crippen LogP contribution in [0.4, 0.5) is 13.2 Å². The normalized spacial score (nSPS) is 16.5. The van der Waals surface area contributed by atoms with Crippen LogP contribution in [-0.2, 0) is 0 Å². The van der Waals surface area contributed by atoms with Crippen LogP contribution < -0.4 is 0 Å². The third kappa shape index (κ3) is 4.60. The number of hydrogen-bond donors (Lipinski definition) is 0. The summed E-state index contributed by atoms with van der Waals surface area (Å²) in [6.07, 6.45) is -3.71. The van der Waals surface area contributed by atoms with E-state index in [2.05, 4.69) is 10.2 Å². The topological polar surface area (TPSA) is 62.5 Å². The standard InChI is InChI=1S/C17H19F3N4O2/c1-12-21-22-15(26-12)13-3-5-14(6-4-13)16(25)24-8-2-7-23(9-10-24)11-17(18,19)20/h3-6H,2,7-11H2,1H3. The largest absolute Gasteiger partial charge is 0.421 e. The van der Waals surface area contributed by atoms with E-state index >= 15 is 0 Å².